The number of carbonyl (C=O) groups excluding carboxylic acids is 2. The highest BCUT2D eigenvalue weighted by atomic mass is 16.6. The van der Waals surface area contributed by atoms with Gasteiger partial charge in [0.1, 0.15) is 12.4 Å². The largest absolute Gasteiger partial charge is 0.448 e. The predicted molar refractivity (Wildman–Crippen MR) is 123 cm³/mol. The van der Waals surface area contributed by atoms with Gasteiger partial charge < -0.3 is 9.64 Å². The molecule has 2 saturated heterocycles. The van der Waals surface area contributed by atoms with E-state index in [0.717, 1.165) is 32.1 Å². The molecule has 2 aromatic carbocycles. The minimum atomic E-state index is -0.191. The molecule has 0 N–H and O–H groups in total. The Morgan fingerprint density at radius 1 is 0.844 bits per heavy atom. The van der Waals surface area contributed by atoms with E-state index in [0.29, 0.717) is 18.3 Å². The van der Waals surface area contributed by atoms with Crippen molar-refractivity contribution in [3.8, 4) is 11.1 Å². The molecule has 2 atom stereocenters. The number of fused-ring (bicyclic) bond motifs is 5. The SMILES string of the molecule is O=C(CC1CCC1)C1CC2CCC(C1)N2C(=O)OCC1c2ccccc2-c2ccccc21. The van der Waals surface area contributed by atoms with Gasteiger partial charge in [-0.05, 0) is 53.9 Å². The molecule has 0 radical (unpaired) electrons. The quantitative estimate of drug-likeness (QED) is 0.591. The summed E-state index contributed by atoms with van der Waals surface area (Å²) < 4.78 is 5.95. The van der Waals surface area contributed by atoms with Crippen LogP contribution in [0.1, 0.15) is 68.4 Å². The summed E-state index contributed by atoms with van der Waals surface area (Å²) in [4.78, 5) is 27.9. The molecule has 2 heterocycles. The van der Waals surface area contributed by atoms with Crippen molar-refractivity contribution < 1.29 is 14.3 Å². The smallest absolute Gasteiger partial charge is 0.410 e. The number of amides is 1. The Hall–Kier alpha value is -2.62. The Labute approximate surface area is 190 Å². The molecule has 32 heavy (non-hydrogen) atoms. The fraction of sp³-hybridized carbons (Fsp3) is 0.500. The van der Waals surface area contributed by atoms with Crippen LogP contribution in [0.15, 0.2) is 48.5 Å². The van der Waals surface area contributed by atoms with Crippen molar-refractivity contribution in [1.82, 2.24) is 4.90 Å². The maximum atomic E-state index is 13.2. The summed E-state index contributed by atoms with van der Waals surface area (Å²) in [7, 11) is 0. The number of nitrogens with zero attached hydrogens (tertiary/aromatic N) is 1. The number of hydrogen-bond donors (Lipinski definition) is 0. The molecule has 4 nitrogen and oxygen atoms in total. The summed E-state index contributed by atoms with van der Waals surface area (Å²) in [6, 6.07) is 17.2. The molecule has 1 amide bonds. The van der Waals surface area contributed by atoms with Gasteiger partial charge in [-0.1, -0.05) is 67.8 Å². The topological polar surface area (TPSA) is 46.6 Å². The second-order valence-electron chi connectivity index (χ2n) is 10.2. The van der Waals surface area contributed by atoms with E-state index in [1.165, 1.54) is 41.5 Å². The summed E-state index contributed by atoms with van der Waals surface area (Å²) >= 11 is 0. The third-order valence-corrected chi connectivity index (χ3v) is 8.45. The number of benzene rings is 2. The molecule has 166 valence electrons. The molecule has 0 spiro atoms. The molecule has 0 aromatic heterocycles. The minimum absolute atomic E-state index is 0.0885. The first-order valence-electron chi connectivity index (χ1n) is 12.3. The van der Waals surface area contributed by atoms with Crippen LogP contribution in [-0.4, -0.2) is 35.5 Å². The summed E-state index contributed by atoms with van der Waals surface area (Å²) in [5, 5.41) is 0. The number of piperidine rings is 1. The predicted octanol–water partition coefficient (Wildman–Crippen LogP) is 5.94. The molecule has 2 aliphatic carbocycles. The summed E-state index contributed by atoms with van der Waals surface area (Å²) in [6.07, 6.45) is 7.94. The Morgan fingerprint density at radius 3 is 2.00 bits per heavy atom. The van der Waals surface area contributed by atoms with Crippen LogP contribution in [0.4, 0.5) is 4.79 Å². The maximum absolute atomic E-state index is 13.2. The van der Waals surface area contributed by atoms with E-state index in [2.05, 4.69) is 48.5 Å². The van der Waals surface area contributed by atoms with Gasteiger partial charge in [-0.25, -0.2) is 4.79 Å². The normalized spacial score (nSPS) is 26.4. The van der Waals surface area contributed by atoms with Gasteiger partial charge in [0.2, 0.25) is 0 Å². The van der Waals surface area contributed by atoms with Crippen LogP contribution in [0.2, 0.25) is 0 Å². The van der Waals surface area contributed by atoms with Crippen LogP contribution < -0.4 is 0 Å². The number of Topliss-reactive ketones (excluding diaryl/α,β-unsaturated/α-hetero) is 1. The van der Waals surface area contributed by atoms with Gasteiger partial charge in [0, 0.05) is 30.3 Å². The van der Waals surface area contributed by atoms with Crippen LogP contribution in [0, 0.1) is 11.8 Å². The van der Waals surface area contributed by atoms with Gasteiger partial charge in [0.15, 0.2) is 0 Å². The fourth-order valence-electron chi connectivity index (χ4n) is 6.55. The van der Waals surface area contributed by atoms with Gasteiger partial charge in [0.25, 0.3) is 0 Å². The lowest BCUT2D eigenvalue weighted by Crippen LogP contribution is -2.48. The molecule has 2 aromatic rings. The molecule has 4 heteroatoms. The lowest BCUT2D eigenvalue weighted by atomic mass is 9.77. The standard InChI is InChI=1S/C28H31NO3/c30-27(14-18-6-5-7-18)19-15-20-12-13-21(16-19)29(20)28(31)32-17-26-24-10-3-1-8-22(24)23-9-2-4-11-25(23)26/h1-4,8-11,18-21,26H,5-7,12-17H2. The second kappa shape index (κ2) is 8.06. The number of hydrogen-bond acceptors (Lipinski definition) is 3. The van der Waals surface area contributed by atoms with Crippen molar-refractivity contribution in [3.63, 3.8) is 0 Å². The molecule has 2 aliphatic heterocycles. The lowest BCUT2D eigenvalue weighted by molar-refractivity contribution is -0.126. The van der Waals surface area contributed by atoms with E-state index in [9.17, 15) is 9.59 Å². The number of rotatable bonds is 5. The molecule has 6 rings (SSSR count). The summed E-state index contributed by atoms with van der Waals surface area (Å²) in [5.41, 5.74) is 4.97. The van der Waals surface area contributed by atoms with Gasteiger partial charge >= 0.3 is 6.09 Å². The zero-order chi connectivity index (χ0) is 21.7. The highest BCUT2D eigenvalue weighted by Gasteiger charge is 2.46. The van der Waals surface area contributed by atoms with E-state index in [1.54, 1.807) is 0 Å². The zero-order valence-electron chi connectivity index (χ0n) is 18.5. The first-order valence-corrected chi connectivity index (χ1v) is 12.3. The Kier molecular flexibility index (Phi) is 5.04. The monoisotopic (exact) mass is 429 g/mol. The van der Waals surface area contributed by atoms with Crippen molar-refractivity contribution in [1.29, 1.82) is 0 Å². The highest BCUT2D eigenvalue weighted by molar-refractivity contribution is 5.82. The van der Waals surface area contributed by atoms with Crippen molar-refractivity contribution in [2.24, 2.45) is 11.8 Å². The maximum Gasteiger partial charge on any atom is 0.410 e. The Balaban J connectivity index is 1.12. The number of ether oxygens (including phenoxy) is 1. The average molecular weight is 430 g/mol. The van der Waals surface area contributed by atoms with E-state index in [1.807, 2.05) is 4.90 Å². The minimum Gasteiger partial charge on any atom is -0.448 e. The van der Waals surface area contributed by atoms with Gasteiger partial charge in [-0.3, -0.25) is 4.79 Å². The van der Waals surface area contributed by atoms with Crippen LogP contribution in [-0.2, 0) is 9.53 Å². The van der Waals surface area contributed by atoms with Gasteiger partial charge in [-0.15, -0.1) is 0 Å². The Morgan fingerprint density at radius 2 is 1.44 bits per heavy atom. The number of ketones is 1. The van der Waals surface area contributed by atoms with Crippen LogP contribution in [0.5, 0.6) is 0 Å². The van der Waals surface area contributed by atoms with Crippen molar-refractivity contribution in [3.05, 3.63) is 59.7 Å². The first-order chi connectivity index (χ1) is 15.7. The molecule has 2 bridgehead atoms. The zero-order valence-corrected chi connectivity index (χ0v) is 18.5. The third-order valence-electron chi connectivity index (χ3n) is 8.45. The highest BCUT2D eigenvalue weighted by Crippen LogP contribution is 2.45. The van der Waals surface area contributed by atoms with Crippen LogP contribution in [0.3, 0.4) is 0 Å². The Bertz CT molecular complexity index is 983. The molecular weight excluding hydrogens is 398 g/mol. The molecule has 2 unspecified atom stereocenters. The molecule has 3 fully saturated rings. The third kappa shape index (κ3) is 3.35. The number of carbonyl (C=O) groups is 2. The lowest BCUT2D eigenvalue weighted by Gasteiger charge is -2.38. The summed E-state index contributed by atoms with van der Waals surface area (Å²) in [5.74, 6) is 1.30. The van der Waals surface area contributed by atoms with E-state index >= 15 is 0 Å². The van der Waals surface area contributed by atoms with Crippen LogP contribution in [0.25, 0.3) is 11.1 Å². The second-order valence-corrected chi connectivity index (χ2v) is 10.2. The van der Waals surface area contributed by atoms with Crippen molar-refractivity contribution in [2.45, 2.75) is 69.4 Å². The molecule has 1 saturated carbocycles. The van der Waals surface area contributed by atoms with Gasteiger partial charge in [0.05, 0.1) is 0 Å². The van der Waals surface area contributed by atoms with Crippen LogP contribution >= 0.6 is 0 Å². The average Bonchev–Trinajstić information content (AvgIpc) is 3.25. The fourth-order valence-corrected chi connectivity index (χ4v) is 6.55. The first kappa shape index (κ1) is 20.0. The van der Waals surface area contributed by atoms with Crippen molar-refractivity contribution in [2.75, 3.05) is 6.61 Å². The van der Waals surface area contributed by atoms with Gasteiger partial charge in [-0.2, -0.15) is 0 Å². The molecular formula is C28H31NO3. The summed E-state index contributed by atoms with van der Waals surface area (Å²) in [6.45, 7) is 0.368. The molecule has 4 aliphatic rings. The van der Waals surface area contributed by atoms with E-state index in [-0.39, 0.29) is 30.0 Å². The van der Waals surface area contributed by atoms with Crippen molar-refractivity contribution >= 4 is 11.9 Å². The van der Waals surface area contributed by atoms with E-state index in [4.69, 9.17) is 4.74 Å². The van der Waals surface area contributed by atoms with E-state index < -0.39 is 0 Å².